The lowest BCUT2D eigenvalue weighted by atomic mass is 10.1. The Labute approximate surface area is 124 Å². The second-order valence-corrected chi connectivity index (χ2v) is 7.42. The van der Waals surface area contributed by atoms with Gasteiger partial charge in [-0.1, -0.05) is 21.1 Å². The van der Waals surface area contributed by atoms with Gasteiger partial charge in [0.25, 0.3) is 0 Å². The summed E-state index contributed by atoms with van der Waals surface area (Å²) in [6.07, 6.45) is 0.975. The zero-order chi connectivity index (χ0) is 15.5. The zero-order valence-corrected chi connectivity index (χ0v) is 13.2. The molecule has 0 bridgehead atoms. The summed E-state index contributed by atoms with van der Waals surface area (Å²) < 4.78 is 23.3. The number of amidine groups is 1. The molecule has 4 N–H and O–H groups in total. The zero-order valence-electron chi connectivity index (χ0n) is 10.8. The smallest absolute Gasteiger partial charge is 0.242 e. The van der Waals surface area contributed by atoms with Crippen LogP contribution in [-0.2, 0) is 14.6 Å². The monoisotopic (exact) mass is 363 g/mol. The highest BCUT2D eigenvalue weighted by Gasteiger charge is 2.24. The van der Waals surface area contributed by atoms with E-state index in [2.05, 4.69) is 26.4 Å². The quantitative estimate of drug-likeness (QED) is 0.317. The van der Waals surface area contributed by atoms with Crippen LogP contribution in [0.3, 0.4) is 0 Å². The standard InChI is InChI=1S/C11H14BrN3O4S/c1-6(20(2,18)19)11(16)14-9-4-3-7(12)5-8(9)10(13)15-17/h3-6,17H,1-2H3,(H2,13,15)(H,14,16). The van der Waals surface area contributed by atoms with E-state index in [4.69, 9.17) is 10.9 Å². The third-order valence-electron chi connectivity index (χ3n) is 2.63. The number of oxime groups is 1. The summed E-state index contributed by atoms with van der Waals surface area (Å²) in [6.45, 7) is 1.28. The second-order valence-electron chi connectivity index (χ2n) is 4.14. The SMILES string of the molecule is CC(C(=O)Nc1ccc(Br)cc1/C(N)=N/O)S(C)(=O)=O. The van der Waals surface area contributed by atoms with Gasteiger partial charge in [0.1, 0.15) is 5.25 Å². The van der Waals surface area contributed by atoms with Crippen molar-refractivity contribution >= 4 is 43.2 Å². The molecule has 0 aliphatic carbocycles. The number of halogens is 1. The molecule has 20 heavy (non-hydrogen) atoms. The second kappa shape index (κ2) is 6.23. The van der Waals surface area contributed by atoms with Crippen molar-refractivity contribution in [3.8, 4) is 0 Å². The lowest BCUT2D eigenvalue weighted by molar-refractivity contribution is -0.115. The first-order valence-corrected chi connectivity index (χ1v) is 8.18. The van der Waals surface area contributed by atoms with Gasteiger partial charge in [0.2, 0.25) is 5.91 Å². The Morgan fingerprint density at radius 3 is 2.60 bits per heavy atom. The van der Waals surface area contributed by atoms with Crippen LogP contribution >= 0.6 is 15.9 Å². The van der Waals surface area contributed by atoms with Crippen LogP contribution in [0.15, 0.2) is 27.8 Å². The van der Waals surface area contributed by atoms with Gasteiger partial charge in [-0.2, -0.15) is 0 Å². The summed E-state index contributed by atoms with van der Waals surface area (Å²) in [6, 6.07) is 4.69. The number of carbonyl (C=O) groups is 1. The first-order valence-electron chi connectivity index (χ1n) is 5.44. The number of amides is 1. The fourth-order valence-corrected chi connectivity index (χ4v) is 2.13. The molecule has 1 aromatic carbocycles. The van der Waals surface area contributed by atoms with E-state index in [9.17, 15) is 13.2 Å². The average molecular weight is 364 g/mol. The van der Waals surface area contributed by atoms with Crippen LogP contribution in [0, 0.1) is 0 Å². The first kappa shape index (κ1) is 16.4. The van der Waals surface area contributed by atoms with E-state index in [0.29, 0.717) is 4.47 Å². The van der Waals surface area contributed by atoms with E-state index < -0.39 is 21.0 Å². The minimum absolute atomic E-state index is 0.200. The van der Waals surface area contributed by atoms with E-state index in [0.717, 1.165) is 6.26 Å². The fourth-order valence-electron chi connectivity index (χ4n) is 1.32. The van der Waals surface area contributed by atoms with E-state index >= 15 is 0 Å². The fraction of sp³-hybridized carbons (Fsp3) is 0.273. The van der Waals surface area contributed by atoms with E-state index in [1.165, 1.54) is 19.1 Å². The number of nitrogens with one attached hydrogen (secondary N) is 1. The van der Waals surface area contributed by atoms with Gasteiger partial charge >= 0.3 is 0 Å². The summed E-state index contributed by atoms with van der Waals surface area (Å²) in [4.78, 5) is 11.9. The molecule has 0 saturated carbocycles. The molecular formula is C11H14BrN3O4S. The van der Waals surface area contributed by atoms with E-state index in [-0.39, 0.29) is 17.1 Å². The van der Waals surface area contributed by atoms with Crippen molar-refractivity contribution in [2.45, 2.75) is 12.2 Å². The van der Waals surface area contributed by atoms with Gasteiger partial charge in [-0.05, 0) is 25.1 Å². The molecule has 0 aliphatic rings. The number of nitrogens with two attached hydrogens (primary N) is 1. The van der Waals surface area contributed by atoms with Crippen LogP contribution in [0.25, 0.3) is 0 Å². The highest BCUT2D eigenvalue weighted by Crippen LogP contribution is 2.21. The average Bonchev–Trinajstić information content (AvgIpc) is 2.37. The van der Waals surface area contributed by atoms with Gasteiger partial charge in [0, 0.05) is 16.3 Å². The van der Waals surface area contributed by atoms with Crippen molar-refractivity contribution in [1.82, 2.24) is 0 Å². The molecule has 0 heterocycles. The molecule has 9 heteroatoms. The number of hydrogen-bond acceptors (Lipinski definition) is 5. The molecule has 0 aromatic heterocycles. The van der Waals surface area contributed by atoms with Gasteiger partial charge in [0.05, 0.1) is 5.69 Å². The number of anilines is 1. The molecule has 1 unspecified atom stereocenters. The van der Waals surface area contributed by atoms with Crippen LogP contribution in [-0.4, -0.2) is 36.9 Å². The van der Waals surface area contributed by atoms with Gasteiger partial charge in [-0.25, -0.2) is 8.42 Å². The van der Waals surface area contributed by atoms with Crippen LogP contribution in [0.1, 0.15) is 12.5 Å². The largest absolute Gasteiger partial charge is 0.409 e. The Morgan fingerprint density at radius 1 is 1.50 bits per heavy atom. The normalized spacial score (nSPS) is 13.8. The molecule has 1 rings (SSSR count). The van der Waals surface area contributed by atoms with E-state index in [1.54, 1.807) is 6.07 Å². The molecule has 110 valence electrons. The molecule has 1 aromatic rings. The summed E-state index contributed by atoms with van der Waals surface area (Å²) in [5.41, 5.74) is 6.04. The maximum Gasteiger partial charge on any atom is 0.242 e. The molecule has 0 aliphatic heterocycles. The minimum atomic E-state index is -3.50. The molecule has 0 saturated heterocycles. The molecule has 7 nitrogen and oxygen atoms in total. The van der Waals surface area contributed by atoms with Gasteiger partial charge < -0.3 is 16.3 Å². The third kappa shape index (κ3) is 3.94. The Kier molecular flexibility index (Phi) is 5.12. The lowest BCUT2D eigenvalue weighted by Crippen LogP contribution is -2.32. The molecule has 1 amide bonds. The lowest BCUT2D eigenvalue weighted by Gasteiger charge is -2.13. The minimum Gasteiger partial charge on any atom is -0.409 e. The molecular weight excluding hydrogens is 350 g/mol. The number of carbonyl (C=O) groups excluding carboxylic acids is 1. The van der Waals surface area contributed by atoms with Crippen molar-refractivity contribution in [3.05, 3.63) is 28.2 Å². The van der Waals surface area contributed by atoms with Crippen molar-refractivity contribution in [2.75, 3.05) is 11.6 Å². The van der Waals surface area contributed by atoms with Crippen LogP contribution < -0.4 is 11.1 Å². The Balaban J connectivity index is 3.13. The van der Waals surface area contributed by atoms with Crippen molar-refractivity contribution in [3.63, 3.8) is 0 Å². The third-order valence-corrected chi connectivity index (χ3v) is 4.63. The molecule has 1 atom stereocenters. The first-order chi connectivity index (χ1) is 9.16. The number of benzene rings is 1. The number of hydrogen-bond donors (Lipinski definition) is 3. The van der Waals surface area contributed by atoms with Crippen molar-refractivity contribution in [1.29, 1.82) is 0 Å². The summed E-state index contributed by atoms with van der Waals surface area (Å²) in [5, 5.41) is 12.8. The maximum atomic E-state index is 11.9. The van der Waals surface area contributed by atoms with Crippen LogP contribution in [0.2, 0.25) is 0 Å². The Bertz CT molecular complexity index is 658. The van der Waals surface area contributed by atoms with Gasteiger partial charge in [-0.3, -0.25) is 4.79 Å². The highest BCUT2D eigenvalue weighted by atomic mass is 79.9. The van der Waals surface area contributed by atoms with Crippen LogP contribution in [0.4, 0.5) is 5.69 Å². The summed E-state index contributed by atoms with van der Waals surface area (Å²) in [5.74, 6) is -0.893. The predicted molar refractivity (Wildman–Crippen MR) is 79.6 cm³/mol. The van der Waals surface area contributed by atoms with Gasteiger partial charge in [0.15, 0.2) is 15.7 Å². The Hall–Kier alpha value is -1.61. The van der Waals surface area contributed by atoms with Crippen molar-refractivity contribution in [2.24, 2.45) is 10.9 Å². The predicted octanol–water partition coefficient (Wildman–Crippen LogP) is 0.915. The number of sulfone groups is 1. The Morgan fingerprint density at radius 2 is 2.10 bits per heavy atom. The van der Waals surface area contributed by atoms with Crippen molar-refractivity contribution < 1.29 is 18.4 Å². The maximum absolute atomic E-state index is 11.9. The van der Waals surface area contributed by atoms with Gasteiger partial charge in [-0.15, -0.1) is 0 Å². The topological polar surface area (TPSA) is 122 Å². The van der Waals surface area contributed by atoms with Crippen LogP contribution in [0.5, 0.6) is 0 Å². The molecule has 0 spiro atoms. The number of nitrogens with zero attached hydrogens (tertiary/aromatic N) is 1. The highest BCUT2D eigenvalue weighted by molar-refractivity contribution is 9.10. The van der Waals surface area contributed by atoms with E-state index in [1.807, 2.05) is 0 Å². The molecule has 0 radical (unpaired) electrons. The summed E-state index contributed by atoms with van der Waals surface area (Å²) >= 11 is 3.22. The molecule has 0 fully saturated rings. The number of rotatable bonds is 4. The summed E-state index contributed by atoms with van der Waals surface area (Å²) in [7, 11) is -3.50.